The molecule has 1 saturated carbocycles. The standard InChI is InChI=1S/C14H23NOS/c1-16-13-5-2-4-12(7-8-13)15-10-9-14-6-3-11-17-14/h3,6,11-13,15H,2,4-5,7-10H2,1H3. The Kier molecular flexibility index (Phi) is 5.49. The van der Waals surface area contributed by atoms with Crippen molar-refractivity contribution in [2.75, 3.05) is 13.7 Å². The number of hydrogen-bond acceptors (Lipinski definition) is 3. The summed E-state index contributed by atoms with van der Waals surface area (Å²) in [6, 6.07) is 5.06. The summed E-state index contributed by atoms with van der Waals surface area (Å²) in [4.78, 5) is 1.49. The molecule has 0 radical (unpaired) electrons. The first-order chi connectivity index (χ1) is 8.38. The molecule has 2 atom stereocenters. The molecule has 0 spiro atoms. The molecule has 1 aliphatic carbocycles. The molecule has 1 aromatic rings. The molecule has 3 heteroatoms. The maximum absolute atomic E-state index is 5.46. The first-order valence-electron chi connectivity index (χ1n) is 6.67. The van der Waals surface area contributed by atoms with E-state index in [2.05, 4.69) is 22.8 Å². The van der Waals surface area contributed by atoms with Crippen molar-refractivity contribution in [3.8, 4) is 0 Å². The number of thiophene rings is 1. The van der Waals surface area contributed by atoms with Crippen molar-refractivity contribution >= 4 is 11.3 Å². The van der Waals surface area contributed by atoms with E-state index in [1.165, 1.54) is 43.4 Å². The van der Waals surface area contributed by atoms with Crippen LogP contribution in [0.3, 0.4) is 0 Å². The van der Waals surface area contributed by atoms with Crippen LogP contribution in [0.4, 0.5) is 0 Å². The van der Waals surface area contributed by atoms with Crippen molar-refractivity contribution in [1.29, 1.82) is 0 Å². The van der Waals surface area contributed by atoms with E-state index in [1.807, 2.05) is 18.4 Å². The van der Waals surface area contributed by atoms with Crippen LogP contribution in [0.5, 0.6) is 0 Å². The van der Waals surface area contributed by atoms with Crippen molar-refractivity contribution in [2.45, 2.75) is 50.7 Å². The van der Waals surface area contributed by atoms with Gasteiger partial charge in [-0.2, -0.15) is 0 Å². The Hall–Kier alpha value is -0.380. The van der Waals surface area contributed by atoms with E-state index >= 15 is 0 Å². The van der Waals surface area contributed by atoms with Gasteiger partial charge in [0.2, 0.25) is 0 Å². The molecule has 1 fully saturated rings. The van der Waals surface area contributed by atoms with E-state index < -0.39 is 0 Å². The van der Waals surface area contributed by atoms with Crippen LogP contribution < -0.4 is 5.32 Å². The molecule has 1 heterocycles. The summed E-state index contributed by atoms with van der Waals surface area (Å²) in [6.45, 7) is 1.11. The molecule has 2 nitrogen and oxygen atoms in total. The summed E-state index contributed by atoms with van der Waals surface area (Å²) in [7, 11) is 1.84. The van der Waals surface area contributed by atoms with Crippen molar-refractivity contribution in [3.63, 3.8) is 0 Å². The van der Waals surface area contributed by atoms with Crippen molar-refractivity contribution in [3.05, 3.63) is 22.4 Å². The third-order valence-electron chi connectivity index (χ3n) is 3.63. The maximum atomic E-state index is 5.46. The fraction of sp³-hybridized carbons (Fsp3) is 0.714. The second-order valence-corrected chi connectivity index (χ2v) is 5.88. The van der Waals surface area contributed by atoms with Crippen LogP contribution in [-0.2, 0) is 11.2 Å². The van der Waals surface area contributed by atoms with Gasteiger partial charge in [0.05, 0.1) is 6.10 Å². The summed E-state index contributed by atoms with van der Waals surface area (Å²) in [6.07, 6.45) is 8.00. The molecule has 0 amide bonds. The molecule has 2 rings (SSSR count). The lowest BCUT2D eigenvalue weighted by atomic mass is 10.1. The number of rotatable bonds is 5. The normalized spacial score (nSPS) is 25.7. The van der Waals surface area contributed by atoms with Gasteiger partial charge in [-0.25, -0.2) is 0 Å². The molecule has 0 bridgehead atoms. The Labute approximate surface area is 108 Å². The molecule has 1 N–H and O–H groups in total. The molecule has 0 aromatic carbocycles. The first-order valence-corrected chi connectivity index (χ1v) is 7.55. The van der Waals surface area contributed by atoms with Gasteiger partial charge in [0.1, 0.15) is 0 Å². The van der Waals surface area contributed by atoms with Crippen LogP contribution in [0.2, 0.25) is 0 Å². The molecule has 96 valence electrons. The fourth-order valence-electron chi connectivity index (χ4n) is 2.56. The van der Waals surface area contributed by atoms with Gasteiger partial charge in [-0.3, -0.25) is 0 Å². The highest BCUT2D eigenvalue weighted by molar-refractivity contribution is 7.09. The Morgan fingerprint density at radius 2 is 2.29 bits per heavy atom. The highest BCUT2D eigenvalue weighted by Gasteiger charge is 2.17. The van der Waals surface area contributed by atoms with E-state index in [4.69, 9.17) is 4.74 Å². The zero-order chi connectivity index (χ0) is 11.9. The van der Waals surface area contributed by atoms with Crippen LogP contribution in [0, 0.1) is 0 Å². The van der Waals surface area contributed by atoms with Crippen LogP contribution in [-0.4, -0.2) is 25.8 Å². The Balaban J connectivity index is 1.65. The van der Waals surface area contributed by atoms with E-state index in [0.29, 0.717) is 12.1 Å². The van der Waals surface area contributed by atoms with E-state index in [1.54, 1.807) is 0 Å². The minimum Gasteiger partial charge on any atom is -0.381 e. The molecular weight excluding hydrogens is 230 g/mol. The Bertz CT molecular complexity index is 299. The fourth-order valence-corrected chi connectivity index (χ4v) is 3.27. The van der Waals surface area contributed by atoms with Crippen LogP contribution >= 0.6 is 11.3 Å². The lowest BCUT2D eigenvalue weighted by molar-refractivity contribution is 0.0894. The first kappa shape index (κ1) is 13.1. The number of methoxy groups -OCH3 is 1. The zero-order valence-electron chi connectivity index (χ0n) is 10.7. The summed E-state index contributed by atoms with van der Waals surface area (Å²) < 4.78 is 5.46. The average molecular weight is 253 g/mol. The topological polar surface area (TPSA) is 21.3 Å². The molecule has 2 unspecified atom stereocenters. The lowest BCUT2D eigenvalue weighted by Gasteiger charge is -2.16. The second-order valence-electron chi connectivity index (χ2n) is 4.85. The highest BCUT2D eigenvalue weighted by atomic mass is 32.1. The zero-order valence-corrected chi connectivity index (χ0v) is 11.5. The quantitative estimate of drug-likeness (QED) is 0.814. The van der Waals surface area contributed by atoms with Gasteiger partial charge in [-0.1, -0.05) is 6.07 Å². The molecule has 1 aliphatic rings. The van der Waals surface area contributed by atoms with Crippen molar-refractivity contribution < 1.29 is 4.74 Å². The van der Waals surface area contributed by atoms with Crippen molar-refractivity contribution in [1.82, 2.24) is 5.32 Å². The van der Waals surface area contributed by atoms with E-state index in [0.717, 1.165) is 6.54 Å². The average Bonchev–Trinajstić information content (AvgIpc) is 2.75. The summed E-state index contributed by atoms with van der Waals surface area (Å²) in [5.41, 5.74) is 0. The Morgan fingerprint density at radius 1 is 1.35 bits per heavy atom. The SMILES string of the molecule is COC1CCCC(NCCc2cccs2)CC1. The van der Waals surface area contributed by atoms with Gasteiger partial charge in [-0.05, 0) is 50.0 Å². The summed E-state index contributed by atoms with van der Waals surface area (Å²) >= 11 is 1.86. The smallest absolute Gasteiger partial charge is 0.0572 e. The molecule has 0 aliphatic heterocycles. The van der Waals surface area contributed by atoms with E-state index in [-0.39, 0.29) is 0 Å². The Morgan fingerprint density at radius 3 is 3.06 bits per heavy atom. The van der Waals surface area contributed by atoms with Gasteiger partial charge >= 0.3 is 0 Å². The predicted molar refractivity (Wildman–Crippen MR) is 73.7 cm³/mol. The second kappa shape index (κ2) is 7.14. The largest absolute Gasteiger partial charge is 0.381 e. The monoisotopic (exact) mass is 253 g/mol. The predicted octanol–water partition coefficient (Wildman–Crippen LogP) is 3.23. The maximum Gasteiger partial charge on any atom is 0.0572 e. The lowest BCUT2D eigenvalue weighted by Crippen LogP contribution is -2.30. The molecule has 17 heavy (non-hydrogen) atoms. The van der Waals surface area contributed by atoms with Gasteiger partial charge in [0.25, 0.3) is 0 Å². The van der Waals surface area contributed by atoms with Gasteiger partial charge in [0, 0.05) is 24.6 Å². The third kappa shape index (κ3) is 4.41. The number of ether oxygens (including phenoxy) is 1. The minimum absolute atomic E-state index is 0.499. The van der Waals surface area contributed by atoms with Gasteiger partial charge in [-0.15, -0.1) is 11.3 Å². The number of hydrogen-bond donors (Lipinski definition) is 1. The molecular formula is C14H23NOS. The van der Waals surface area contributed by atoms with Gasteiger partial charge < -0.3 is 10.1 Å². The molecule has 0 saturated heterocycles. The van der Waals surface area contributed by atoms with Gasteiger partial charge in [0.15, 0.2) is 0 Å². The summed E-state index contributed by atoms with van der Waals surface area (Å²) in [5, 5.41) is 5.85. The minimum atomic E-state index is 0.499. The van der Waals surface area contributed by atoms with E-state index in [9.17, 15) is 0 Å². The number of nitrogens with one attached hydrogen (secondary N) is 1. The van der Waals surface area contributed by atoms with Crippen LogP contribution in [0.25, 0.3) is 0 Å². The van der Waals surface area contributed by atoms with Crippen LogP contribution in [0.15, 0.2) is 17.5 Å². The van der Waals surface area contributed by atoms with Crippen molar-refractivity contribution in [2.24, 2.45) is 0 Å². The third-order valence-corrected chi connectivity index (χ3v) is 4.57. The highest BCUT2D eigenvalue weighted by Crippen LogP contribution is 2.20. The van der Waals surface area contributed by atoms with Crippen LogP contribution in [0.1, 0.15) is 37.0 Å². The molecule has 1 aromatic heterocycles. The summed E-state index contributed by atoms with van der Waals surface area (Å²) in [5.74, 6) is 0.